The predicted molar refractivity (Wildman–Crippen MR) is 102 cm³/mol. The van der Waals surface area contributed by atoms with Gasteiger partial charge in [-0.15, -0.1) is 0 Å². The topological polar surface area (TPSA) is 87.6 Å². The van der Waals surface area contributed by atoms with Crippen LogP contribution in [0.4, 0.5) is 5.82 Å². The molecule has 2 aliphatic rings. The molecule has 0 bridgehead atoms. The van der Waals surface area contributed by atoms with Crippen molar-refractivity contribution in [1.82, 2.24) is 15.3 Å². The van der Waals surface area contributed by atoms with Crippen molar-refractivity contribution in [2.45, 2.75) is 19.4 Å². The Hall–Kier alpha value is -2.51. The molecule has 3 heterocycles. The number of amides is 1. The fourth-order valence-corrected chi connectivity index (χ4v) is 3.33. The first-order valence-electron chi connectivity index (χ1n) is 9.25. The Bertz CT molecular complexity index is 820. The van der Waals surface area contributed by atoms with Crippen molar-refractivity contribution in [2.24, 2.45) is 5.41 Å². The van der Waals surface area contributed by atoms with E-state index in [1.807, 2.05) is 18.2 Å². The maximum absolute atomic E-state index is 12.3. The number of aromatic nitrogens is 2. The highest BCUT2D eigenvalue weighted by Gasteiger charge is 2.33. The molecule has 7 heteroatoms. The lowest BCUT2D eigenvalue weighted by Crippen LogP contribution is -2.48. The SMILES string of the molecule is CC1(CNC(=O)c2ccc(-c3nccc(N4CCC(O)C4)n3)cc2)COC1. The summed E-state index contributed by atoms with van der Waals surface area (Å²) in [6, 6.07) is 9.16. The van der Waals surface area contributed by atoms with Crippen LogP contribution in [0.3, 0.4) is 0 Å². The third-order valence-corrected chi connectivity index (χ3v) is 5.11. The van der Waals surface area contributed by atoms with Crippen LogP contribution >= 0.6 is 0 Å². The molecule has 2 aromatic rings. The molecular formula is C20H24N4O3. The molecule has 2 N–H and O–H groups in total. The van der Waals surface area contributed by atoms with Crippen LogP contribution in [0.1, 0.15) is 23.7 Å². The average molecular weight is 368 g/mol. The van der Waals surface area contributed by atoms with E-state index in [-0.39, 0.29) is 17.4 Å². The summed E-state index contributed by atoms with van der Waals surface area (Å²) in [4.78, 5) is 23.3. The van der Waals surface area contributed by atoms with Gasteiger partial charge < -0.3 is 20.1 Å². The molecular weight excluding hydrogens is 344 g/mol. The molecule has 1 unspecified atom stereocenters. The second-order valence-electron chi connectivity index (χ2n) is 7.69. The molecule has 2 saturated heterocycles. The smallest absolute Gasteiger partial charge is 0.251 e. The van der Waals surface area contributed by atoms with Gasteiger partial charge in [-0.3, -0.25) is 4.79 Å². The van der Waals surface area contributed by atoms with Crippen LogP contribution in [0.2, 0.25) is 0 Å². The first-order chi connectivity index (χ1) is 13.0. The molecule has 27 heavy (non-hydrogen) atoms. The molecule has 142 valence electrons. The molecule has 0 saturated carbocycles. The van der Waals surface area contributed by atoms with E-state index in [0.717, 1.165) is 24.3 Å². The van der Waals surface area contributed by atoms with Crippen molar-refractivity contribution >= 4 is 11.7 Å². The van der Waals surface area contributed by atoms with Crippen molar-refractivity contribution in [1.29, 1.82) is 0 Å². The molecule has 0 aliphatic carbocycles. The number of aliphatic hydroxyl groups excluding tert-OH is 1. The van der Waals surface area contributed by atoms with Crippen LogP contribution < -0.4 is 10.2 Å². The highest BCUT2D eigenvalue weighted by Crippen LogP contribution is 2.25. The normalized spacial score (nSPS) is 21.0. The van der Waals surface area contributed by atoms with Crippen LogP contribution in [-0.4, -0.2) is 59.9 Å². The maximum atomic E-state index is 12.3. The van der Waals surface area contributed by atoms with E-state index in [0.29, 0.717) is 37.7 Å². The van der Waals surface area contributed by atoms with Gasteiger partial charge in [0.2, 0.25) is 0 Å². The van der Waals surface area contributed by atoms with Crippen molar-refractivity contribution in [3.63, 3.8) is 0 Å². The number of β-amino-alcohol motifs (C(OH)–C–C–N with tert-alkyl or cyclic N) is 1. The Morgan fingerprint density at radius 2 is 2.11 bits per heavy atom. The largest absolute Gasteiger partial charge is 0.391 e. The van der Waals surface area contributed by atoms with Gasteiger partial charge in [-0.25, -0.2) is 9.97 Å². The fraction of sp³-hybridized carbons (Fsp3) is 0.450. The summed E-state index contributed by atoms with van der Waals surface area (Å²) in [6.45, 7) is 5.48. The van der Waals surface area contributed by atoms with E-state index in [2.05, 4.69) is 27.1 Å². The molecule has 1 aromatic carbocycles. The summed E-state index contributed by atoms with van der Waals surface area (Å²) in [5, 5.41) is 12.7. The minimum Gasteiger partial charge on any atom is -0.391 e. The Labute approximate surface area is 158 Å². The van der Waals surface area contributed by atoms with Crippen LogP contribution in [0.25, 0.3) is 11.4 Å². The molecule has 0 spiro atoms. The summed E-state index contributed by atoms with van der Waals surface area (Å²) in [6.07, 6.45) is 2.19. The van der Waals surface area contributed by atoms with E-state index < -0.39 is 0 Å². The van der Waals surface area contributed by atoms with Crippen LogP contribution in [0, 0.1) is 5.41 Å². The fourth-order valence-electron chi connectivity index (χ4n) is 3.33. The molecule has 1 aromatic heterocycles. The molecule has 2 aliphatic heterocycles. The lowest BCUT2D eigenvalue weighted by atomic mass is 9.88. The number of rotatable bonds is 5. The van der Waals surface area contributed by atoms with E-state index in [1.165, 1.54) is 0 Å². The van der Waals surface area contributed by atoms with Crippen LogP contribution in [0.15, 0.2) is 36.5 Å². The van der Waals surface area contributed by atoms with Gasteiger partial charge in [0.15, 0.2) is 5.82 Å². The quantitative estimate of drug-likeness (QED) is 0.831. The Balaban J connectivity index is 1.43. The number of nitrogens with one attached hydrogen (secondary N) is 1. The van der Waals surface area contributed by atoms with E-state index >= 15 is 0 Å². The van der Waals surface area contributed by atoms with Gasteiger partial charge in [-0.2, -0.15) is 0 Å². The Morgan fingerprint density at radius 3 is 2.74 bits per heavy atom. The molecule has 7 nitrogen and oxygen atoms in total. The maximum Gasteiger partial charge on any atom is 0.251 e. The monoisotopic (exact) mass is 368 g/mol. The van der Waals surface area contributed by atoms with Crippen LogP contribution in [-0.2, 0) is 4.74 Å². The summed E-state index contributed by atoms with van der Waals surface area (Å²) in [5.41, 5.74) is 1.52. The average Bonchev–Trinajstić information content (AvgIpc) is 3.11. The number of aliphatic hydroxyl groups is 1. The van der Waals surface area contributed by atoms with Crippen LogP contribution in [0.5, 0.6) is 0 Å². The molecule has 1 atom stereocenters. The molecule has 0 radical (unpaired) electrons. The number of benzene rings is 1. The van der Waals surface area contributed by atoms with Crippen molar-refractivity contribution < 1.29 is 14.6 Å². The number of ether oxygens (including phenoxy) is 1. The lowest BCUT2D eigenvalue weighted by Gasteiger charge is -2.38. The minimum atomic E-state index is -0.296. The number of carbonyl (C=O) groups excluding carboxylic acids is 1. The Kier molecular flexibility index (Phi) is 4.80. The van der Waals surface area contributed by atoms with E-state index in [4.69, 9.17) is 4.74 Å². The van der Waals surface area contributed by atoms with Gasteiger partial charge in [0.05, 0.1) is 19.3 Å². The highest BCUT2D eigenvalue weighted by atomic mass is 16.5. The Morgan fingerprint density at radius 1 is 1.33 bits per heavy atom. The number of carbonyl (C=O) groups is 1. The zero-order chi connectivity index (χ0) is 18.9. The molecule has 4 rings (SSSR count). The van der Waals surface area contributed by atoms with Gasteiger partial charge in [-0.1, -0.05) is 19.1 Å². The van der Waals surface area contributed by atoms with Gasteiger partial charge >= 0.3 is 0 Å². The van der Waals surface area contributed by atoms with Crippen molar-refractivity contribution in [3.8, 4) is 11.4 Å². The lowest BCUT2D eigenvalue weighted by molar-refractivity contribution is -0.0978. The van der Waals surface area contributed by atoms with Crippen molar-refractivity contribution in [2.75, 3.05) is 37.7 Å². The van der Waals surface area contributed by atoms with E-state index in [1.54, 1.807) is 18.3 Å². The predicted octanol–water partition coefficient (Wildman–Crippen LogP) is 1.48. The first-order valence-corrected chi connectivity index (χ1v) is 9.25. The van der Waals surface area contributed by atoms with Gasteiger partial charge in [0.1, 0.15) is 5.82 Å². The minimum absolute atomic E-state index is 0.0486. The molecule has 1 amide bonds. The third-order valence-electron chi connectivity index (χ3n) is 5.11. The second-order valence-corrected chi connectivity index (χ2v) is 7.69. The zero-order valence-corrected chi connectivity index (χ0v) is 15.4. The summed E-state index contributed by atoms with van der Waals surface area (Å²) in [7, 11) is 0. The highest BCUT2D eigenvalue weighted by molar-refractivity contribution is 5.94. The third kappa shape index (κ3) is 3.94. The number of nitrogens with zero attached hydrogens (tertiary/aromatic N) is 3. The molecule has 2 fully saturated rings. The number of anilines is 1. The standard InChI is InChI=1S/C20H24N4O3/c1-20(12-27-13-20)11-22-19(26)15-4-2-14(3-5-15)18-21-8-6-17(23-18)24-9-7-16(25)10-24/h2-6,8,16,25H,7,9-13H2,1H3,(H,22,26). The second kappa shape index (κ2) is 7.25. The number of hydrogen-bond donors (Lipinski definition) is 2. The van der Waals surface area contributed by atoms with Gasteiger partial charge in [0, 0.05) is 42.4 Å². The number of hydrogen-bond acceptors (Lipinski definition) is 6. The zero-order valence-electron chi connectivity index (χ0n) is 15.4. The van der Waals surface area contributed by atoms with Gasteiger partial charge in [0.25, 0.3) is 5.91 Å². The summed E-state index contributed by atoms with van der Waals surface area (Å²) < 4.78 is 5.21. The van der Waals surface area contributed by atoms with Crippen molar-refractivity contribution in [3.05, 3.63) is 42.1 Å². The summed E-state index contributed by atoms with van der Waals surface area (Å²) in [5.74, 6) is 1.34. The summed E-state index contributed by atoms with van der Waals surface area (Å²) >= 11 is 0. The van der Waals surface area contributed by atoms with E-state index in [9.17, 15) is 9.90 Å². The first kappa shape index (κ1) is 17.9. The van der Waals surface area contributed by atoms with Gasteiger partial charge in [-0.05, 0) is 24.6 Å².